The van der Waals surface area contributed by atoms with Crippen molar-refractivity contribution in [2.24, 2.45) is 29.6 Å². The Labute approximate surface area is 280 Å². The molecule has 18 nitrogen and oxygen atoms in total. The average molecular weight is 707 g/mol. The van der Waals surface area contributed by atoms with Gasteiger partial charge >= 0.3 is 5.97 Å². The molecule has 0 bridgehead atoms. The van der Waals surface area contributed by atoms with Gasteiger partial charge in [-0.1, -0.05) is 6.92 Å². The number of fused-ring (bicyclic) bond motifs is 4. The molecule has 2 saturated carbocycles. The highest BCUT2D eigenvalue weighted by Gasteiger charge is 2.77. The maximum absolute atomic E-state index is 13.8. The van der Waals surface area contributed by atoms with Crippen LogP contribution in [0.4, 0.5) is 0 Å². The SMILES string of the molecule is C[C@@H]1CC[C@@H]2C(C(=O)O[C@H]3[C@@H]4CCO[C@@H](O[C@@H]5O[C@H](CO)[C@@H](O)[C@H](O)[C@H]5O)C4[C@@]4(CO)O[C@@H]34)=CO[C@@H](O[C@@H]3O[C@H](CO)[C@@H](O)[C@H](O)[C@H]3O)[C@H]12. The van der Waals surface area contributed by atoms with Crippen molar-refractivity contribution in [2.45, 2.75) is 118 Å². The van der Waals surface area contributed by atoms with Gasteiger partial charge in [-0.25, -0.2) is 4.79 Å². The lowest BCUT2D eigenvalue weighted by Gasteiger charge is -2.44. The molecule has 0 spiro atoms. The van der Waals surface area contributed by atoms with E-state index in [4.69, 9.17) is 37.9 Å². The molecule has 5 heterocycles. The molecular formula is C31H46O18. The Kier molecular flexibility index (Phi) is 10.0. The third-order valence-corrected chi connectivity index (χ3v) is 11.6. The maximum Gasteiger partial charge on any atom is 0.337 e. The molecule has 7 aliphatic rings. The minimum absolute atomic E-state index is 0.0110. The normalized spacial score (nSPS) is 53.5. The van der Waals surface area contributed by atoms with Gasteiger partial charge in [0.15, 0.2) is 18.9 Å². The number of hydrogen-bond acceptors (Lipinski definition) is 18. The Hall–Kier alpha value is -1.59. The monoisotopic (exact) mass is 706 g/mol. The summed E-state index contributed by atoms with van der Waals surface area (Å²) in [7, 11) is 0. The van der Waals surface area contributed by atoms with Crippen molar-refractivity contribution < 1.29 is 88.6 Å². The van der Waals surface area contributed by atoms with Crippen LogP contribution >= 0.6 is 0 Å². The highest BCUT2D eigenvalue weighted by molar-refractivity contribution is 5.89. The van der Waals surface area contributed by atoms with Crippen LogP contribution < -0.4 is 0 Å². The maximum atomic E-state index is 13.8. The van der Waals surface area contributed by atoms with Gasteiger partial charge in [-0.2, -0.15) is 0 Å². The molecule has 0 amide bonds. The van der Waals surface area contributed by atoms with Gasteiger partial charge < -0.3 is 83.9 Å². The van der Waals surface area contributed by atoms with Crippen molar-refractivity contribution in [2.75, 3.05) is 26.4 Å². The van der Waals surface area contributed by atoms with E-state index in [-0.39, 0.29) is 29.9 Å². The number of epoxide rings is 1. The summed E-state index contributed by atoms with van der Waals surface area (Å²) in [4.78, 5) is 13.8. The Bertz CT molecular complexity index is 1230. The fourth-order valence-corrected chi connectivity index (χ4v) is 8.81. The average Bonchev–Trinajstić information content (AvgIpc) is 3.62. The van der Waals surface area contributed by atoms with Gasteiger partial charge in [0, 0.05) is 17.8 Å². The van der Waals surface area contributed by atoms with Crippen molar-refractivity contribution in [3.05, 3.63) is 11.8 Å². The molecule has 49 heavy (non-hydrogen) atoms. The molecule has 0 radical (unpaired) electrons. The fraction of sp³-hybridized carbons (Fsp3) is 0.903. The standard InChI is InChI=1S/C31H46O18/c1-10-2-3-11-13(8-43-27(16(10)11)47-29-22(39)20(37)18(35)14(6-32)44-29)26(41)46-24-12-4-5-42-28(17(12)31(9-34)25(24)49-31)48-30-23(40)21(38)19(36)15(7-33)45-30/h8,10-12,14-25,27-30,32-40H,2-7,9H2,1H3/t10-,11-,12-,14-,15-,16-,17?,18-,19-,20+,21+,22-,23-,24+,25+,27+,28+,29+,30+,31-/m1/s1. The molecule has 5 aliphatic heterocycles. The van der Waals surface area contributed by atoms with Gasteiger partial charge in [-0.3, -0.25) is 0 Å². The zero-order valence-electron chi connectivity index (χ0n) is 26.7. The van der Waals surface area contributed by atoms with Gasteiger partial charge in [-0.15, -0.1) is 0 Å². The fourth-order valence-electron chi connectivity index (χ4n) is 8.81. The van der Waals surface area contributed by atoms with E-state index in [2.05, 4.69) is 0 Å². The number of rotatable bonds is 9. The van der Waals surface area contributed by atoms with Crippen LogP contribution in [0.3, 0.4) is 0 Å². The third-order valence-electron chi connectivity index (χ3n) is 11.6. The first-order valence-electron chi connectivity index (χ1n) is 16.8. The molecule has 6 fully saturated rings. The van der Waals surface area contributed by atoms with E-state index in [1.54, 1.807) is 0 Å². The van der Waals surface area contributed by atoms with Crippen molar-refractivity contribution in [3.8, 4) is 0 Å². The number of carbonyl (C=O) groups is 1. The summed E-state index contributed by atoms with van der Waals surface area (Å²) in [6, 6.07) is 0. The number of hydrogen-bond donors (Lipinski definition) is 9. The van der Waals surface area contributed by atoms with Gasteiger partial charge in [0.25, 0.3) is 0 Å². The minimum atomic E-state index is -1.67. The predicted octanol–water partition coefficient (Wildman–Crippen LogP) is -4.44. The van der Waals surface area contributed by atoms with E-state index in [9.17, 15) is 50.8 Å². The highest BCUT2D eigenvalue weighted by Crippen LogP contribution is 2.61. The first-order chi connectivity index (χ1) is 23.4. The molecule has 0 aromatic heterocycles. The van der Waals surface area contributed by atoms with Crippen LogP contribution in [-0.4, -0.2) is 170 Å². The van der Waals surface area contributed by atoms with Crippen LogP contribution in [0.5, 0.6) is 0 Å². The van der Waals surface area contributed by atoms with Crippen LogP contribution in [0, 0.1) is 29.6 Å². The van der Waals surface area contributed by atoms with Crippen molar-refractivity contribution >= 4 is 5.97 Å². The summed E-state index contributed by atoms with van der Waals surface area (Å²) in [6.45, 7) is 0.421. The van der Waals surface area contributed by atoms with Crippen LogP contribution in [0.25, 0.3) is 0 Å². The predicted molar refractivity (Wildman–Crippen MR) is 154 cm³/mol. The van der Waals surface area contributed by atoms with Crippen LogP contribution in [-0.2, 0) is 42.7 Å². The summed E-state index contributed by atoms with van der Waals surface area (Å²) in [6.07, 6.45) is -15.6. The number of aliphatic hydroxyl groups is 9. The molecule has 0 aromatic rings. The summed E-state index contributed by atoms with van der Waals surface area (Å²) in [5.41, 5.74) is -0.913. The van der Waals surface area contributed by atoms with Crippen LogP contribution in [0.15, 0.2) is 11.8 Å². The topological polar surface area (TPSA) is 276 Å². The Morgan fingerprint density at radius 2 is 1.43 bits per heavy atom. The van der Waals surface area contributed by atoms with Gasteiger partial charge in [-0.05, 0) is 25.2 Å². The van der Waals surface area contributed by atoms with E-state index in [0.29, 0.717) is 12.8 Å². The molecule has 4 saturated heterocycles. The molecular weight excluding hydrogens is 660 g/mol. The summed E-state index contributed by atoms with van der Waals surface area (Å²) >= 11 is 0. The Morgan fingerprint density at radius 1 is 0.816 bits per heavy atom. The number of esters is 1. The summed E-state index contributed by atoms with van der Waals surface area (Å²) in [5, 5.41) is 91.4. The second-order valence-corrected chi connectivity index (χ2v) is 14.2. The summed E-state index contributed by atoms with van der Waals surface area (Å²) < 4.78 is 46.8. The largest absolute Gasteiger partial charge is 0.472 e. The lowest BCUT2D eigenvalue weighted by molar-refractivity contribution is -0.356. The van der Waals surface area contributed by atoms with E-state index < -0.39 is 129 Å². The lowest BCUT2D eigenvalue weighted by Crippen LogP contribution is -2.61. The van der Waals surface area contributed by atoms with E-state index in [0.717, 1.165) is 6.42 Å². The highest BCUT2D eigenvalue weighted by atomic mass is 16.8. The van der Waals surface area contributed by atoms with Gasteiger partial charge in [0.2, 0.25) is 6.29 Å². The number of ether oxygens (including phenoxy) is 8. The van der Waals surface area contributed by atoms with Crippen LogP contribution in [0.2, 0.25) is 0 Å². The van der Waals surface area contributed by atoms with E-state index >= 15 is 0 Å². The smallest absolute Gasteiger partial charge is 0.337 e. The molecule has 9 N–H and O–H groups in total. The molecule has 7 rings (SSSR count). The Morgan fingerprint density at radius 3 is 2.02 bits per heavy atom. The second kappa shape index (κ2) is 13.8. The van der Waals surface area contributed by atoms with Crippen molar-refractivity contribution in [1.29, 1.82) is 0 Å². The first kappa shape index (κ1) is 35.8. The molecule has 18 heteroatoms. The second-order valence-electron chi connectivity index (χ2n) is 14.2. The zero-order chi connectivity index (χ0) is 34.9. The molecule has 1 unspecified atom stereocenters. The molecule has 278 valence electrons. The van der Waals surface area contributed by atoms with Crippen molar-refractivity contribution in [1.82, 2.24) is 0 Å². The molecule has 0 aromatic carbocycles. The van der Waals surface area contributed by atoms with E-state index in [1.807, 2.05) is 6.92 Å². The molecule has 20 atom stereocenters. The quantitative estimate of drug-likeness (QED) is 0.0808. The Balaban J connectivity index is 1.05. The third kappa shape index (κ3) is 5.91. The molecule has 2 aliphatic carbocycles. The first-order valence-corrected chi connectivity index (χ1v) is 16.8. The summed E-state index contributed by atoms with van der Waals surface area (Å²) in [5.74, 6) is -2.44. The van der Waals surface area contributed by atoms with E-state index in [1.165, 1.54) is 6.26 Å². The zero-order valence-corrected chi connectivity index (χ0v) is 26.7. The number of aliphatic hydroxyl groups excluding tert-OH is 9. The number of carbonyl (C=O) groups excluding carboxylic acids is 1. The van der Waals surface area contributed by atoms with Crippen molar-refractivity contribution in [3.63, 3.8) is 0 Å². The van der Waals surface area contributed by atoms with Crippen LogP contribution in [0.1, 0.15) is 26.2 Å². The van der Waals surface area contributed by atoms with Gasteiger partial charge in [0.1, 0.15) is 66.6 Å². The van der Waals surface area contributed by atoms with Gasteiger partial charge in [0.05, 0.1) is 44.2 Å². The minimum Gasteiger partial charge on any atom is -0.472 e. The lowest BCUT2D eigenvalue weighted by atomic mass is 9.82.